The molecule has 2 N–H and O–H groups in total. The summed E-state index contributed by atoms with van der Waals surface area (Å²) < 4.78 is 0. The van der Waals surface area contributed by atoms with Gasteiger partial charge in [-0.25, -0.2) is 0 Å². The average molecular weight is 290 g/mol. The Kier molecular flexibility index (Phi) is 5.41. The van der Waals surface area contributed by atoms with E-state index >= 15 is 0 Å². The Hall–Kier alpha value is -1.09. The van der Waals surface area contributed by atoms with Gasteiger partial charge in [0.25, 0.3) is 0 Å². The molecule has 1 aliphatic carbocycles. The smallest absolute Gasteiger partial charge is 0.171 e. The first kappa shape index (κ1) is 15.3. The number of anilines is 1. The van der Waals surface area contributed by atoms with E-state index in [0.717, 1.165) is 10.8 Å². The number of thiocarbonyl (C=S) groups is 1. The van der Waals surface area contributed by atoms with Crippen molar-refractivity contribution in [2.75, 3.05) is 5.32 Å². The van der Waals surface area contributed by atoms with Crippen LogP contribution in [-0.4, -0.2) is 11.2 Å². The molecule has 1 fully saturated rings. The first-order valence-corrected chi connectivity index (χ1v) is 8.14. The predicted octanol–water partition coefficient (Wildman–Crippen LogP) is 4.68. The van der Waals surface area contributed by atoms with Crippen LogP contribution in [0.15, 0.2) is 24.3 Å². The SMILES string of the molecule is CC(C)c1cccc(NC(=S)N[C@H]2CCCC[C@H]2C)c1. The summed E-state index contributed by atoms with van der Waals surface area (Å²) in [5, 5.41) is 7.57. The van der Waals surface area contributed by atoms with Crippen LogP contribution >= 0.6 is 12.2 Å². The third kappa shape index (κ3) is 4.20. The molecule has 3 heteroatoms. The van der Waals surface area contributed by atoms with Crippen LogP contribution in [-0.2, 0) is 0 Å². The Morgan fingerprint density at radius 3 is 2.70 bits per heavy atom. The maximum atomic E-state index is 5.46. The number of hydrogen-bond acceptors (Lipinski definition) is 1. The third-order valence-electron chi connectivity index (χ3n) is 4.24. The molecule has 20 heavy (non-hydrogen) atoms. The van der Waals surface area contributed by atoms with Gasteiger partial charge in [-0.15, -0.1) is 0 Å². The van der Waals surface area contributed by atoms with Crippen molar-refractivity contribution in [2.24, 2.45) is 5.92 Å². The van der Waals surface area contributed by atoms with E-state index in [1.807, 2.05) is 0 Å². The minimum absolute atomic E-state index is 0.525. The molecule has 0 saturated heterocycles. The highest BCUT2D eigenvalue weighted by molar-refractivity contribution is 7.80. The molecular weight excluding hydrogens is 264 g/mol. The van der Waals surface area contributed by atoms with E-state index in [-0.39, 0.29) is 0 Å². The molecule has 1 aliphatic rings. The zero-order valence-electron chi connectivity index (χ0n) is 12.8. The molecule has 0 amide bonds. The highest BCUT2D eigenvalue weighted by atomic mass is 32.1. The molecule has 0 unspecified atom stereocenters. The van der Waals surface area contributed by atoms with Gasteiger partial charge in [0.2, 0.25) is 0 Å². The van der Waals surface area contributed by atoms with Crippen LogP contribution in [0.1, 0.15) is 57.9 Å². The fourth-order valence-corrected chi connectivity index (χ4v) is 3.11. The minimum atomic E-state index is 0.525. The molecule has 0 spiro atoms. The lowest BCUT2D eigenvalue weighted by atomic mass is 9.86. The van der Waals surface area contributed by atoms with Crippen LogP contribution in [0.3, 0.4) is 0 Å². The molecule has 2 rings (SSSR count). The van der Waals surface area contributed by atoms with Gasteiger partial charge in [-0.05, 0) is 54.6 Å². The van der Waals surface area contributed by atoms with Crippen LogP contribution in [0.2, 0.25) is 0 Å². The lowest BCUT2D eigenvalue weighted by Crippen LogP contribution is -2.43. The summed E-state index contributed by atoms with van der Waals surface area (Å²) >= 11 is 5.46. The monoisotopic (exact) mass is 290 g/mol. The highest BCUT2D eigenvalue weighted by Gasteiger charge is 2.21. The molecule has 1 saturated carbocycles. The summed E-state index contributed by atoms with van der Waals surface area (Å²) in [6.07, 6.45) is 5.21. The van der Waals surface area contributed by atoms with Crippen molar-refractivity contribution >= 4 is 23.0 Å². The van der Waals surface area contributed by atoms with Gasteiger partial charge in [-0.3, -0.25) is 0 Å². The second-order valence-corrected chi connectivity index (χ2v) is 6.66. The molecule has 2 atom stereocenters. The molecular formula is C17H26N2S. The molecule has 0 aliphatic heterocycles. The largest absolute Gasteiger partial charge is 0.359 e. The summed E-state index contributed by atoms with van der Waals surface area (Å²) in [5.41, 5.74) is 2.42. The maximum absolute atomic E-state index is 5.46. The van der Waals surface area contributed by atoms with Crippen LogP contribution in [0.25, 0.3) is 0 Å². The summed E-state index contributed by atoms with van der Waals surface area (Å²) in [4.78, 5) is 0. The normalized spacial score (nSPS) is 22.6. The van der Waals surface area contributed by atoms with Crippen molar-refractivity contribution in [3.05, 3.63) is 29.8 Å². The average Bonchev–Trinajstić information content (AvgIpc) is 2.41. The second-order valence-electron chi connectivity index (χ2n) is 6.25. The van der Waals surface area contributed by atoms with Crippen molar-refractivity contribution in [3.63, 3.8) is 0 Å². The Balaban J connectivity index is 1.92. The Bertz CT molecular complexity index is 456. The van der Waals surface area contributed by atoms with Gasteiger partial charge >= 0.3 is 0 Å². The Morgan fingerprint density at radius 2 is 2.00 bits per heavy atom. The van der Waals surface area contributed by atoms with Gasteiger partial charge in [-0.2, -0.15) is 0 Å². The number of nitrogens with one attached hydrogen (secondary N) is 2. The number of rotatable bonds is 3. The number of benzene rings is 1. The maximum Gasteiger partial charge on any atom is 0.171 e. The van der Waals surface area contributed by atoms with Gasteiger partial charge in [0, 0.05) is 11.7 Å². The van der Waals surface area contributed by atoms with E-state index in [4.69, 9.17) is 12.2 Å². The van der Waals surface area contributed by atoms with E-state index in [0.29, 0.717) is 17.9 Å². The Morgan fingerprint density at radius 1 is 1.25 bits per heavy atom. The van der Waals surface area contributed by atoms with E-state index < -0.39 is 0 Å². The van der Waals surface area contributed by atoms with Crippen LogP contribution < -0.4 is 10.6 Å². The highest BCUT2D eigenvalue weighted by Crippen LogP contribution is 2.24. The van der Waals surface area contributed by atoms with Gasteiger partial charge in [0.15, 0.2) is 5.11 Å². The summed E-state index contributed by atoms with van der Waals surface area (Å²) in [6, 6.07) is 9.03. The zero-order valence-corrected chi connectivity index (χ0v) is 13.6. The van der Waals surface area contributed by atoms with E-state index in [9.17, 15) is 0 Å². The molecule has 0 radical (unpaired) electrons. The fourth-order valence-electron chi connectivity index (χ4n) is 2.84. The molecule has 1 aromatic rings. The zero-order chi connectivity index (χ0) is 14.5. The van der Waals surface area contributed by atoms with E-state index in [1.54, 1.807) is 0 Å². The molecule has 0 bridgehead atoms. The van der Waals surface area contributed by atoms with Crippen molar-refractivity contribution < 1.29 is 0 Å². The first-order valence-electron chi connectivity index (χ1n) is 7.73. The molecule has 2 nitrogen and oxygen atoms in total. The quantitative estimate of drug-likeness (QED) is 0.791. The second kappa shape index (κ2) is 7.07. The first-order chi connectivity index (χ1) is 9.56. The summed E-state index contributed by atoms with van der Waals surface area (Å²) in [7, 11) is 0. The van der Waals surface area contributed by atoms with E-state index in [1.165, 1.54) is 31.2 Å². The fraction of sp³-hybridized carbons (Fsp3) is 0.588. The van der Waals surface area contributed by atoms with Gasteiger partial charge in [0.05, 0.1) is 0 Å². The third-order valence-corrected chi connectivity index (χ3v) is 4.46. The predicted molar refractivity (Wildman–Crippen MR) is 91.3 cm³/mol. The van der Waals surface area contributed by atoms with Crippen molar-refractivity contribution in [3.8, 4) is 0 Å². The van der Waals surface area contributed by atoms with Crippen molar-refractivity contribution in [1.82, 2.24) is 5.32 Å². The lowest BCUT2D eigenvalue weighted by molar-refractivity contribution is 0.309. The van der Waals surface area contributed by atoms with Crippen LogP contribution in [0, 0.1) is 5.92 Å². The summed E-state index contributed by atoms with van der Waals surface area (Å²) in [5.74, 6) is 1.25. The lowest BCUT2D eigenvalue weighted by Gasteiger charge is -2.30. The van der Waals surface area contributed by atoms with E-state index in [2.05, 4.69) is 55.7 Å². The molecule has 1 aromatic carbocycles. The summed E-state index contributed by atoms with van der Waals surface area (Å²) in [6.45, 7) is 6.73. The van der Waals surface area contributed by atoms with Crippen molar-refractivity contribution in [1.29, 1.82) is 0 Å². The molecule has 0 heterocycles. The number of hydrogen-bond donors (Lipinski definition) is 2. The molecule has 0 aromatic heterocycles. The topological polar surface area (TPSA) is 24.1 Å². The van der Waals surface area contributed by atoms with Gasteiger partial charge in [-0.1, -0.05) is 45.7 Å². The van der Waals surface area contributed by atoms with Crippen LogP contribution in [0.5, 0.6) is 0 Å². The van der Waals surface area contributed by atoms with Gasteiger partial charge in [0.1, 0.15) is 0 Å². The van der Waals surface area contributed by atoms with Crippen LogP contribution in [0.4, 0.5) is 5.69 Å². The Labute approximate surface area is 128 Å². The minimum Gasteiger partial charge on any atom is -0.359 e. The van der Waals surface area contributed by atoms with Gasteiger partial charge < -0.3 is 10.6 Å². The standard InChI is InChI=1S/C17H26N2S/c1-12(2)14-8-6-9-15(11-14)18-17(20)19-16-10-5-4-7-13(16)3/h6,8-9,11-13,16H,4-5,7,10H2,1-3H3,(H2,18,19,20)/t13-,16+/m1/s1. The van der Waals surface area contributed by atoms with Crippen molar-refractivity contribution in [2.45, 2.75) is 58.4 Å². The molecule has 110 valence electrons.